The molecular weight excluding hydrogens is 224 g/mol. The van der Waals surface area contributed by atoms with Crippen molar-refractivity contribution in [2.75, 3.05) is 0 Å². The Hall–Kier alpha value is 0.350. The highest BCUT2D eigenvalue weighted by Crippen LogP contribution is 2.34. The molecule has 0 saturated carbocycles. The number of hydrogen-bond donors (Lipinski definition) is 0. The molecule has 1 heteroatoms. The lowest BCUT2D eigenvalue weighted by molar-refractivity contribution is 0.521. The average molecular weight is 259 g/mol. The molecule has 2 atom stereocenters. The average Bonchev–Trinajstić information content (AvgIpc) is 2.27. The van der Waals surface area contributed by atoms with Crippen LogP contribution in [0.15, 0.2) is 0 Å². The van der Waals surface area contributed by atoms with Gasteiger partial charge in [-0.25, -0.2) is 0 Å². The van der Waals surface area contributed by atoms with E-state index in [1.54, 1.807) is 0 Å². The van der Waals surface area contributed by atoms with Crippen LogP contribution in [0.5, 0.6) is 0 Å². The highest BCUT2D eigenvalue weighted by atomic mass is 32.2. The Balaban J connectivity index is 4.23. The Morgan fingerprint density at radius 3 is 1.29 bits per heavy atom. The van der Waals surface area contributed by atoms with Gasteiger partial charge in [0.15, 0.2) is 0 Å². The Kier molecular flexibility index (Phi) is 10.5. The van der Waals surface area contributed by atoms with Gasteiger partial charge in [0.2, 0.25) is 0 Å². The van der Waals surface area contributed by atoms with Crippen LogP contribution in [0, 0.1) is 11.8 Å². The second-order valence-corrected chi connectivity index (χ2v) is 7.47. The molecule has 0 aliphatic carbocycles. The van der Waals surface area contributed by atoms with Crippen LogP contribution in [0.4, 0.5) is 0 Å². The lowest BCUT2D eigenvalue weighted by Crippen LogP contribution is -2.20. The number of rotatable bonds is 10. The van der Waals surface area contributed by atoms with E-state index in [9.17, 15) is 0 Å². The Morgan fingerprint density at radius 1 is 0.706 bits per heavy atom. The third kappa shape index (κ3) is 8.13. The number of thioether (sulfide) groups is 1. The molecule has 0 fully saturated rings. The molecule has 2 unspecified atom stereocenters. The van der Waals surface area contributed by atoms with E-state index in [0.29, 0.717) is 0 Å². The first-order valence-corrected chi connectivity index (χ1v) is 8.62. The van der Waals surface area contributed by atoms with Gasteiger partial charge in [-0.1, -0.05) is 67.2 Å². The van der Waals surface area contributed by atoms with Gasteiger partial charge in [0.25, 0.3) is 0 Å². The van der Waals surface area contributed by atoms with E-state index in [1.807, 2.05) is 0 Å². The lowest BCUT2D eigenvalue weighted by atomic mass is 10.0. The summed E-state index contributed by atoms with van der Waals surface area (Å²) in [6.07, 6.45) is 8.29. The first kappa shape index (κ1) is 17.4. The molecule has 0 aliphatic heterocycles. The van der Waals surface area contributed by atoms with Crippen LogP contribution in [-0.4, -0.2) is 10.5 Å². The molecule has 0 radical (unpaired) electrons. The molecule has 0 aromatic rings. The summed E-state index contributed by atoms with van der Waals surface area (Å²) in [6.45, 7) is 14.2. The van der Waals surface area contributed by atoms with Crippen molar-refractivity contribution in [3.05, 3.63) is 0 Å². The van der Waals surface area contributed by atoms with E-state index in [4.69, 9.17) is 0 Å². The molecule has 0 N–H and O–H groups in total. The van der Waals surface area contributed by atoms with Crippen molar-refractivity contribution in [3.8, 4) is 0 Å². The topological polar surface area (TPSA) is 0 Å². The van der Waals surface area contributed by atoms with E-state index in [2.05, 4.69) is 53.3 Å². The van der Waals surface area contributed by atoms with Gasteiger partial charge in [0.1, 0.15) is 0 Å². The maximum atomic E-state index is 2.39. The second-order valence-electron chi connectivity index (χ2n) is 5.99. The summed E-state index contributed by atoms with van der Waals surface area (Å²) in [6, 6.07) is 0. The fourth-order valence-corrected chi connectivity index (χ4v) is 3.84. The Bertz CT molecular complexity index is 145. The zero-order valence-corrected chi connectivity index (χ0v) is 13.8. The number of unbranched alkanes of at least 4 members (excludes halogenated alkanes) is 2. The first-order chi connectivity index (χ1) is 8.02. The largest absolute Gasteiger partial charge is 0.155 e. The molecule has 0 saturated heterocycles. The summed E-state index contributed by atoms with van der Waals surface area (Å²) < 4.78 is 0. The zero-order valence-electron chi connectivity index (χ0n) is 13.0. The van der Waals surface area contributed by atoms with Crippen molar-refractivity contribution < 1.29 is 0 Å². The second kappa shape index (κ2) is 10.3. The SMILES string of the molecule is CCCCC(SC(CCCC)C(C)C)C(C)C. The quantitative estimate of drug-likeness (QED) is 0.453. The van der Waals surface area contributed by atoms with Gasteiger partial charge in [-0.15, -0.1) is 0 Å². The normalized spacial score (nSPS) is 15.5. The van der Waals surface area contributed by atoms with Crippen molar-refractivity contribution in [1.29, 1.82) is 0 Å². The van der Waals surface area contributed by atoms with Crippen LogP contribution in [0.25, 0.3) is 0 Å². The lowest BCUT2D eigenvalue weighted by Gasteiger charge is -2.28. The Labute approximate surface area is 114 Å². The van der Waals surface area contributed by atoms with Crippen LogP contribution in [0.2, 0.25) is 0 Å². The summed E-state index contributed by atoms with van der Waals surface area (Å²) in [5.74, 6) is 1.66. The van der Waals surface area contributed by atoms with Gasteiger partial charge in [-0.2, -0.15) is 11.8 Å². The fraction of sp³-hybridized carbons (Fsp3) is 1.00. The van der Waals surface area contributed by atoms with Gasteiger partial charge >= 0.3 is 0 Å². The molecule has 0 spiro atoms. The molecule has 0 aromatic heterocycles. The van der Waals surface area contributed by atoms with E-state index in [1.165, 1.54) is 38.5 Å². The monoisotopic (exact) mass is 258 g/mol. The summed E-state index contributed by atoms with van der Waals surface area (Å²) in [7, 11) is 0. The molecule has 0 nitrogen and oxygen atoms in total. The van der Waals surface area contributed by atoms with E-state index < -0.39 is 0 Å². The summed E-state index contributed by atoms with van der Waals surface area (Å²) in [4.78, 5) is 0. The van der Waals surface area contributed by atoms with Crippen molar-refractivity contribution in [3.63, 3.8) is 0 Å². The smallest absolute Gasteiger partial charge is 0.00729 e. The minimum Gasteiger partial charge on any atom is -0.155 e. The minimum atomic E-state index is 0.828. The first-order valence-electron chi connectivity index (χ1n) is 7.68. The zero-order chi connectivity index (χ0) is 13.3. The van der Waals surface area contributed by atoms with Crippen molar-refractivity contribution >= 4 is 11.8 Å². The predicted octanol–water partition coefficient (Wildman–Crippen LogP) is 6.15. The molecule has 104 valence electrons. The van der Waals surface area contributed by atoms with Gasteiger partial charge in [0, 0.05) is 10.5 Å². The predicted molar refractivity (Wildman–Crippen MR) is 83.9 cm³/mol. The fourth-order valence-electron chi connectivity index (χ4n) is 2.15. The Morgan fingerprint density at radius 2 is 1.06 bits per heavy atom. The van der Waals surface area contributed by atoms with Crippen LogP contribution in [-0.2, 0) is 0 Å². The maximum absolute atomic E-state index is 2.39. The van der Waals surface area contributed by atoms with Gasteiger partial charge < -0.3 is 0 Å². The van der Waals surface area contributed by atoms with Gasteiger partial charge in [0.05, 0.1) is 0 Å². The molecule has 0 amide bonds. The standard InChI is InChI=1S/C16H34S/c1-7-9-11-15(13(3)4)17-16(14(5)6)12-10-8-2/h13-16H,7-12H2,1-6H3. The van der Waals surface area contributed by atoms with Gasteiger partial charge in [-0.3, -0.25) is 0 Å². The van der Waals surface area contributed by atoms with Crippen LogP contribution in [0.1, 0.15) is 80.1 Å². The van der Waals surface area contributed by atoms with Crippen molar-refractivity contribution in [1.82, 2.24) is 0 Å². The minimum absolute atomic E-state index is 0.828. The van der Waals surface area contributed by atoms with Gasteiger partial charge in [-0.05, 0) is 24.7 Å². The summed E-state index contributed by atoms with van der Waals surface area (Å²) in [5, 5.41) is 1.75. The molecule has 0 bridgehead atoms. The molecular formula is C16H34S. The maximum Gasteiger partial charge on any atom is 0.00729 e. The highest BCUT2D eigenvalue weighted by Gasteiger charge is 2.21. The van der Waals surface area contributed by atoms with E-state index in [0.717, 1.165) is 22.3 Å². The van der Waals surface area contributed by atoms with E-state index >= 15 is 0 Å². The molecule has 17 heavy (non-hydrogen) atoms. The summed E-state index contributed by atoms with van der Waals surface area (Å²) >= 11 is 2.29. The highest BCUT2D eigenvalue weighted by molar-refractivity contribution is 8.00. The van der Waals surface area contributed by atoms with Crippen LogP contribution in [0.3, 0.4) is 0 Å². The molecule has 0 rings (SSSR count). The van der Waals surface area contributed by atoms with Crippen LogP contribution >= 0.6 is 11.8 Å². The molecule has 0 aromatic carbocycles. The van der Waals surface area contributed by atoms with Crippen molar-refractivity contribution in [2.45, 2.75) is 90.6 Å². The van der Waals surface area contributed by atoms with Crippen LogP contribution < -0.4 is 0 Å². The molecule has 0 heterocycles. The third-order valence-corrected chi connectivity index (χ3v) is 5.78. The third-order valence-electron chi connectivity index (χ3n) is 3.52. The number of hydrogen-bond acceptors (Lipinski definition) is 1. The summed E-state index contributed by atoms with van der Waals surface area (Å²) in [5.41, 5.74) is 0. The molecule has 0 aliphatic rings. The van der Waals surface area contributed by atoms with E-state index in [-0.39, 0.29) is 0 Å². The van der Waals surface area contributed by atoms with Crippen molar-refractivity contribution in [2.24, 2.45) is 11.8 Å².